The maximum absolute atomic E-state index is 13.5. The van der Waals surface area contributed by atoms with Gasteiger partial charge in [0.25, 0.3) is 5.91 Å². The molecule has 1 amide bonds. The van der Waals surface area contributed by atoms with Crippen LogP contribution in [0.4, 0.5) is 10.1 Å². The summed E-state index contributed by atoms with van der Waals surface area (Å²) < 4.78 is 23.6. The summed E-state index contributed by atoms with van der Waals surface area (Å²) in [5.74, 6) is -1.04. The summed E-state index contributed by atoms with van der Waals surface area (Å²) in [7, 11) is 1.29. The predicted molar refractivity (Wildman–Crippen MR) is 82.9 cm³/mol. The molecule has 0 radical (unpaired) electrons. The predicted octanol–water partition coefficient (Wildman–Crippen LogP) is 3.02. The van der Waals surface area contributed by atoms with Crippen molar-refractivity contribution < 1.29 is 23.5 Å². The molecule has 0 unspecified atom stereocenters. The van der Waals surface area contributed by atoms with Crippen molar-refractivity contribution in [1.29, 1.82) is 0 Å². The van der Waals surface area contributed by atoms with Gasteiger partial charge in [0.2, 0.25) is 0 Å². The number of para-hydroxylation sites is 1. The van der Waals surface area contributed by atoms with E-state index in [4.69, 9.17) is 4.74 Å². The summed E-state index contributed by atoms with van der Waals surface area (Å²) in [5, 5.41) is 2.46. The highest BCUT2D eigenvalue weighted by atomic mass is 19.1. The molecule has 1 N–H and O–H groups in total. The van der Waals surface area contributed by atoms with Gasteiger partial charge in [-0.25, -0.2) is 9.18 Å². The zero-order valence-corrected chi connectivity index (χ0v) is 12.7. The highest BCUT2D eigenvalue weighted by Gasteiger charge is 2.16. The summed E-state index contributed by atoms with van der Waals surface area (Å²) >= 11 is 0. The van der Waals surface area contributed by atoms with Crippen LogP contribution in [-0.2, 0) is 9.53 Å². The Balaban J connectivity index is 1.98. The van der Waals surface area contributed by atoms with E-state index < -0.39 is 23.8 Å². The fourth-order valence-electron chi connectivity index (χ4n) is 1.84. The summed E-state index contributed by atoms with van der Waals surface area (Å²) in [4.78, 5) is 23.3. The van der Waals surface area contributed by atoms with E-state index in [0.29, 0.717) is 11.3 Å². The number of benzene rings is 2. The Bertz CT molecular complexity index is 700. The number of hydrogen-bond donors (Lipinski definition) is 1. The van der Waals surface area contributed by atoms with Crippen LogP contribution in [-0.4, -0.2) is 25.1 Å². The van der Waals surface area contributed by atoms with E-state index in [1.54, 1.807) is 25.1 Å². The lowest BCUT2D eigenvalue weighted by molar-refractivity contribution is -0.122. The average molecular weight is 317 g/mol. The van der Waals surface area contributed by atoms with Gasteiger partial charge in [-0.05, 0) is 43.3 Å². The third kappa shape index (κ3) is 4.29. The van der Waals surface area contributed by atoms with Crippen molar-refractivity contribution in [2.24, 2.45) is 0 Å². The van der Waals surface area contributed by atoms with Crippen LogP contribution in [0.3, 0.4) is 0 Å². The van der Waals surface area contributed by atoms with Crippen LogP contribution in [0.5, 0.6) is 5.75 Å². The number of esters is 1. The molecule has 2 aromatic carbocycles. The van der Waals surface area contributed by atoms with E-state index in [2.05, 4.69) is 10.1 Å². The molecule has 0 aliphatic heterocycles. The molecule has 1 atom stereocenters. The highest BCUT2D eigenvalue weighted by molar-refractivity contribution is 5.94. The molecule has 0 fully saturated rings. The molecule has 0 heterocycles. The number of carbonyl (C=O) groups excluding carboxylic acids is 2. The summed E-state index contributed by atoms with van der Waals surface area (Å²) in [6.45, 7) is 1.55. The SMILES string of the molecule is COC(=O)c1ccc(O[C@H](C)C(=O)Nc2ccccc2F)cc1. The smallest absolute Gasteiger partial charge is 0.337 e. The molecule has 2 rings (SSSR count). The fraction of sp³-hybridized carbons (Fsp3) is 0.176. The largest absolute Gasteiger partial charge is 0.481 e. The van der Waals surface area contributed by atoms with E-state index in [1.165, 1.54) is 37.4 Å². The van der Waals surface area contributed by atoms with E-state index in [9.17, 15) is 14.0 Å². The first-order valence-electron chi connectivity index (χ1n) is 6.91. The number of halogens is 1. The van der Waals surface area contributed by atoms with Gasteiger partial charge in [-0.2, -0.15) is 0 Å². The van der Waals surface area contributed by atoms with Gasteiger partial charge in [-0.3, -0.25) is 4.79 Å². The van der Waals surface area contributed by atoms with Gasteiger partial charge in [-0.1, -0.05) is 12.1 Å². The third-order valence-electron chi connectivity index (χ3n) is 3.09. The third-order valence-corrected chi connectivity index (χ3v) is 3.09. The highest BCUT2D eigenvalue weighted by Crippen LogP contribution is 2.16. The Kier molecular flexibility index (Phi) is 5.30. The number of anilines is 1. The van der Waals surface area contributed by atoms with Crippen LogP contribution in [0.2, 0.25) is 0 Å². The van der Waals surface area contributed by atoms with Gasteiger partial charge in [0.15, 0.2) is 6.10 Å². The molecule has 6 heteroatoms. The van der Waals surface area contributed by atoms with Gasteiger partial charge >= 0.3 is 5.97 Å². The van der Waals surface area contributed by atoms with Crippen molar-refractivity contribution >= 4 is 17.6 Å². The first-order valence-corrected chi connectivity index (χ1v) is 6.91. The average Bonchev–Trinajstić information content (AvgIpc) is 2.56. The number of ether oxygens (including phenoxy) is 2. The second-order valence-corrected chi connectivity index (χ2v) is 4.75. The minimum absolute atomic E-state index is 0.0917. The standard InChI is InChI=1S/C17H16FNO4/c1-11(16(20)19-15-6-4-3-5-14(15)18)23-13-9-7-12(8-10-13)17(21)22-2/h3-11H,1-2H3,(H,19,20)/t11-/m1/s1. The number of rotatable bonds is 5. The second kappa shape index (κ2) is 7.40. The molecule has 5 nitrogen and oxygen atoms in total. The molecule has 0 bridgehead atoms. The van der Waals surface area contributed by atoms with E-state index in [0.717, 1.165) is 0 Å². The zero-order valence-electron chi connectivity index (χ0n) is 12.7. The van der Waals surface area contributed by atoms with Crippen LogP contribution in [0, 0.1) is 5.82 Å². The van der Waals surface area contributed by atoms with Gasteiger partial charge in [0.05, 0.1) is 18.4 Å². The lowest BCUT2D eigenvalue weighted by Gasteiger charge is -2.15. The van der Waals surface area contributed by atoms with E-state index in [1.807, 2.05) is 0 Å². The van der Waals surface area contributed by atoms with Gasteiger partial charge < -0.3 is 14.8 Å². The summed E-state index contributed by atoms with van der Waals surface area (Å²) in [6.07, 6.45) is -0.835. The fourth-order valence-corrected chi connectivity index (χ4v) is 1.84. The molecular weight excluding hydrogens is 301 g/mol. The number of nitrogens with one attached hydrogen (secondary N) is 1. The molecule has 0 aliphatic rings. The summed E-state index contributed by atoms with van der Waals surface area (Å²) in [5.41, 5.74) is 0.470. The lowest BCUT2D eigenvalue weighted by Crippen LogP contribution is -2.30. The van der Waals surface area contributed by atoms with Gasteiger partial charge in [0.1, 0.15) is 11.6 Å². The molecule has 0 aromatic heterocycles. The van der Waals surface area contributed by atoms with Crippen molar-refractivity contribution in [3.63, 3.8) is 0 Å². The molecule has 0 saturated carbocycles. The van der Waals surface area contributed by atoms with E-state index >= 15 is 0 Å². The van der Waals surface area contributed by atoms with Crippen LogP contribution < -0.4 is 10.1 Å². The van der Waals surface area contributed by atoms with Crippen molar-refractivity contribution in [3.8, 4) is 5.75 Å². The number of hydrogen-bond acceptors (Lipinski definition) is 4. The molecular formula is C17H16FNO4. The van der Waals surface area contributed by atoms with Crippen LogP contribution in [0.15, 0.2) is 48.5 Å². The van der Waals surface area contributed by atoms with Crippen LogP contribution in [0.25, 0.3) is 0 Å². The molecule has 0 aliphatic carbocycles. The Labute approximate surface area is 133 Å². The van der Waals surface area contributed by atoms with Crippen LogP contribution >= 0.6 is 0 Å². The first kappa shape index (κ1) is 16.5. The Hall–Kier alpha value is -2.89. The number of carbonyl (C=O) groups is 2. The first-order chi connectivity index (χ1) is 11.0. The Morgan fingerprint density at radius 3 is 2.35 bits per heavy atom. The minimum Gasteiger partial charge on any atom is -0.481 e. The molecule has 120 valence electrons. The quantitative estimate of drug-likeness (QED) is 0.861. The van der Waals surface area contributed by atoms with Gasteiger partial charge in [-0.15, -0.1) is 0 Å². The van der Waals surface area contributed by atoms with Gasteiger partial charge in [0, 0.05) is 0 Å². The van der Waals surface area contributed by atoms with Crippen LogP contribution in [0.1, 0.15) is 17.3 Å². The van der Waals surface area contributed by atoms with Crippen molar-refractivity contribution in [1.82, 2.24) is 0 Å². The maximum Gasteiger partial charge on any atom is 0.337 e. The monoisotopic (exact) mass is 317 g/mol. The lowest BCUT2D eigenvalue weighted by atomic mass is 10.2. The number of methoxy groups -OCH3 is 1. The number of amides is 1. The minimum atomic E-state index is -0.835. The van der Waals surface area contributed by atoms with E-state index in [-0.39, 0.29) is 5.69 Å². The molecule has 0 saturated heterocycles. The normalized spacial score (nSPS) is 11.4. The molecule has 2 aromatic rings. The zero-order chi connectivity index (χ0) is 16.8. The second-order valence-electron chi connectivity index (χ2n) is 4.75. The van der Waals surface area contributed by atoms with Crippen molar-refractivity contribution in [2.45, 2.75) is 13.0 Å². The van der Waals surface area contributed by atoms with Crippen molar-refractivity contribution in [3.05, 3.63) is 59.9 Å². The van der Waals surface area contributed by atoms with Crippen molar-refractivity contribution in [2.75, 3.05) is 12.4 Å². The maximum atomic E-state index is 13.5. The summed E-state index contributed by atoms with van der Waals surface area (Å²) in [6, 6.07) is 12.0. The molecule has 23 heavy (non-hydrogen) atoms. The Morgan fingerprint density at radius 1 is 1.09 bits per heavy atom. The topological polar surface area (TPSA) is 64.6 Å². The Morgan fingerprint density at radius 2 is 1.74 bits per heavy atom. The molecule has 0 spiro atoms.